The van der Waals surface area contributed by atoms with E-state index in [0.717, 1.165) is 11.3 Å². The summed E-state index contributed by atoms with van der Waals surface area (Å²) in [6.45, 7) is 6.26. The molecular formula is C14H20O3S. The van der Waals surface area contributed by atoms with Crippen LogP contribution in [0, 0.1) is 6.92 Å². The molecule has 1 unspecified atom stereocenters. The Morgan fingerprint density at radius 2 is 2.06 bits per heavy atom. The summed E-state index contributed by atoms with van der Waals surface area (Å²) in [5, 5.41) is 0. The van der Waals surface area contributed by atoms with E-state index in [-0.39, 0.29) is 17.6 Å². The summed E-state index contributed by atoms with van der Waals surface area (Å²) in [5.74, 6) is 1.67. The highest BCUT2D eigenvalue weighted by molar-refractivity contribution is 7.91. The number of benzene rings is 1. The predicted octanol–water partition coefficient (Wildman–Crippen LogP) is 2.68. The van der Waals surface area contributed by atoms with Crippen molar-refractivity contribution in [3.8, 4) is 5.75 Å². The van der Waals surface area contributed by atoms with Crippen LogP contribution in [0.15, 0.2) is 18.2 Å². The zero-order chi connectivity index (χ0) is 13.3. The lowest BCUT2D eigenvalue weighted by molar-refractivity contribution is 0.227. The Bertz CT molecular complexity index is 532. The fraction of sp³-hybridized carbons (Fsp3) is 0.571. The van der Waals surface area contributed by atoms with Crippen LogP contribution in [0.3, 0.4) is 0 Å². The molecule has 0 aliphatic carbocycles. The molecule has 100 valence electrons. The Morgan fingerprint density at radius 1 is 1.33 bits per heavy atom. The molecule has 1 heterocycles. The van der Waals surface area contributed by atoms with Gasteiger partial charge in [0.2, 0.25) is 0 Å². The van der Waals surface area contributed by atoms with Crippen LogP contribution in [-0.2, 0) is 9.84 Å². The molecule has 0 aromatic heterocycles. The zero-order valence-corrected chi connectivity index (χ0v) is 12.0. The summed E-state index contributed by atoms with van der Waals surface area (Å²) >= 11 is 0. The highest BCUT2D eigenvalue weighted by Gasteiger charge is 2.29. The number of hydrogen-bond donors (Lipinski definition) is 0. The lowest BCUT2D eigenvalue weighted by atomic mass is 10.0. The van der Waals surface area contributed by atoms with Crippen LogP contribution >= 0.6 is 0 Å². The van der Waals surface area contributed by atoms with Gasteiger partial charge in [0.05, 0.1) is 11.5 Å². The predicted molar refractivity (Wildman–Crippen MR) is 73.0 cm³/mol. The Kier molecular flexibility index (Phi) is 3.66. The third-order valence-electron chi connectivity index (χ3n) is 3.36. The molecular weight excluding hydrogens is 248 g/mol. The van der Waals surface area contributed by atoms with Gasteiger partial charge in [0.25, 0.3) is 0 Å². The molecule has 2 rings (SSSR count). The van der Waals surface area contributed by atoms with Crippen molar-refractivity contribution in [3.63, 3.8) is 0 Å². The van der Waals surface area contributed by atoms with Crippen molar-refractivity contribution in [2.24, 2.45) is 0 Å². The lowest BCUT2D eigenvalue weighted by Crippen LogP contribution is -2.18. The van der Waals surface area contributed by atoms with E-state index in [2.05, 4.69) is 19.9 Å². The Hall–Kier alpha value is -1.03. The van der Waals surface area contributed by atoms with E-state index in [1.165, 1.54) is 5.56 Å². The van der Waals surface area contributed by atoms with E-state index in [1.807, 2.05) is 19.1 Å². The molecule has 3 nitrogen and oxygen atoms in total. The maximum atomic E-state index is 11.4. The lowest BCUT2D eigenvalue weighted by Gasteiger charge is -2.16. The topological polar surface area (TPSA) is 43.4 Å². The first-order valence-corrected chi connectivity index (χ1v) is 8.17. The van der Waals surface area contributed by atoms with E-state index in [0.29, 0.717) is 12.3 Å². The maximum absolute atomic E-state index is 11.4. The van der Waals surface area contributed by atoms with Gasteiger partial charge in [0.1, 0.15) is 11.9 Å². The van der Waals surface area contributed by atoms with Gasteiger partial charge >= 0.3 is 0 Å². The molecule has 1 fully saturated rings. The first-order valence-electron chi connectivity index (χ1n) is 6.35. The number of rotatable bonds is 3. The summed E-state index contributed by atoms with van der Waals surface area (Å²) in [6, 6.07) is 6.16. The van der Waals surface area contributed by atoms with Crippen molar-refractivity contribution < 1.29 is 13.2 Å². The van der Waals surface area contributed by atoms with Crippen LogP contribution in [0.25, 0.3) is 0 Å². The third-order valence-corrected chi connectivity index (χ3v) is 5.10. The van der Waals surface area contributed by atoms with Gasteiger partial charge in [-0.2, -0.15) is 0 Å². The van der Waals surface area contributed by atoms with E-state index in [4.69, 9.17) is 4.74 Å². The molecule has 1 saturated heterocycles. The molecule has 1 atom stereocenters. The smallest absolute Gasteiger partial charge is 0.154 e. The minimum absolute atomic E-state index is 0.151. The van der Waals surface area contributed by atoms with Gasteiger partial charge in [-0.1, -0.05) is 26.0 Å². The minimum atomic E-state index is -2.88. The monoisotopic (exact) mass is 268 g/mol. The van der Waals surface area contributed by atoms with Crippen molar-refractivity contribution in [2.75, 3.05) is 11.5 Å². The maximum Gasteiger partial charge on any atom is 0.154 e. The van der Waals surface area contributed by atoms with Gasteiger partial charge in [-0.15, -0.1) is 0 Å². The van der Waals surface area contributed by atoms with E-state index >= 15 is 0 Å². The highest BCUT2D eigenvalue weighted by atomic mass is 32.2. The summed E-state index contributed by atoms with van der Waals surface area (Å²) in [4.78, 5) is 0. The fourth-order valence-corrected chi connectivity index (χ4v) is 3.73. The largest absolute Gasteiger partial charge is 0.489 e. The van der Waals surface area contributed by atoms with E-state index < -0.39 is 9.84 Å². The number of sulfone groups is 1. The Labute approximate surface area is 109 Å². The molecule has 18 heavy (non-hydrogen) atoms. The zero-order valence-electron chi connectivity index (χ0n) is 11.1. The molecule has 0 spiro atoms. The van der Waals surface area contributed by atoms with Crippen molar-refractivity contribution >= 4 is 9.84 Å². The second-order valence-corrected chi connectivity index (χ2v) is 7.55. The molecule has 1 aromatic rings. The normalized spacial score (nSPS) is 22.3. The molecule has 1 aliphatic heterocycles. The average Bonchev–Trinajstić information content (AvgIpc) is 2.61. The fourth-order valence-electron chi connectivity index (χ4n) is 2.14. The van der Waals surface area contributed by atoms with Gasteiger partial charge < -0.3 is 4.74 Å². The average molecular weight is 268 g/mol. The van der Waals surface area contributed by atoms with Crippen LogP contribution in [-0.4, -0.2) is 26.0 Å². The van der Waals surface area contributed by atoms with Crippen LogP contribution in [0.2, 0.25) is 0 Å². The van der Waals surface area contributed by atoms with Gasteiger partial charge in [-0.25, -0.2) is 8.42 Å². The van der Waals surface area contributed by atoms with Crippen molar-refractivity contribution in [2.45, 2.75) is 39.2 Å². The summed E-state index contributed by atoms with van der Waals surface area (Å²) in [5.41, 5.74) is 2.28. The van der Waals surface area contributed by atoms with Gasteiger partial charge in [0.15, 0.2) is 9.84 Å². The summed E-state index contributed by atoms with van der Waals surface area (Å²) in [7, 11) is -2.88. The first kappa shape index (κ1) is 13.4. The molecule has 0 saturated carbocycles. The molecule has 4 heteroatoms. The molecule has 0 radical (unpaired) electrons. The quantitative estimate of drug-likeness (QED) is 0.846. The second-order valence-electron chi connectivity index (χ2n) is 5.32. The molecule has 0 amide bonds. The first-order chi connectivity index (χ1) is 8.37. The van der Waals surface area contributed by atoms with Crippen LogP contribution in [0.4, 0.5) is 0 Å². The second kappa shape index (κ2) is 4.92. The van der Waals surface area contributed by atoms with E-state index in [9.17, 15) is 8.42 Å². The van der Waals surface area contributed by atoms with Crippen molar-refractivity contribution in [1.82, 2.24) is 0 Å². The molecule has 1 aromatic carbocycles. The number of hydrogen-bond acceptors (Lipinski definition) is 3. The minimum Gasteiger partial charge on any atom is -0.489 e. The van der Waals surface area contributed by atoms with Crippen LogP contribution in [0.1, 0.15) is 37.3 Å². The van der Waals surface area contributed by atoms with Gasteiger partial charge in [-0.3, -0.25) is 0 Å². The van der Waals surface area contributed by atoms with E-state index in [1.54, 1.807) is 0 Å². The van der Waals surface area contributed by atoms with Crippen molar-refractivity contribution in [1.29, 1.82) is 0 Å². The summed E-state index contributed by atoms with van der Waals surface area (Å²) in [6.07, 6.45) is 0.421. The summed E-state index contributed by atoms with van der Waals surface area (Å²) < 4.78 is 28.7. The molecule has 0 N–H and O–H groups in total. The standard InChI is InChI=1S/C14H20O3S/c1-10(2)12-5-4-11(3)14(8-12)17-13-6-7-18(15,16)9-13/h4-5,8,10,13H,6-7,9H2,1-3H3. The third kappa shape index (κ3) is 3.05. The Balaban J connectivity index is 2.16. The van der Waals surface area contributed by atoms with Crippen molar-refractivity contribution in [3.05, 3.63) is 29.3 Å². The molecule has 0 bridgehead atoms. The Morgan fingerprint density at radius 3 is 2.61 bits per heavy atom. The number of aryl methyl sites for hydroxylation is 1. The molecule has 1 aliphatic rings. The number of ether oxygens (including phenoxy) is 1. The highest BCUT2D eigenvalue weighted by Crippen LogP contribution is 2.27. The SMILES string of the molecule is Cc1ccc(C(C)C)cc1OC1CCS(=O)(=O)C1. The van der Waals surface area contributed by atoms with Crippen LogP contribution in [0.5, 0.6) is 5.75 Å². The van der Waals surface area contributed by atoms with Gasteiger partial charge in [0, 0.05) is 0 Å². The van der Waals surface area contributed by atoms with Crippen LogP contribution < -0.4 is 4.74 Å². The van der Waals surface area contributed by atoms with Gasteiger partial charge in [-0.05, 0) is 36.5 Å².